The molecular formula is C13H19N3O. The molecule has 1 saturated heterocycles. The minimum atomic E-state index is -0.0794. The van der Waals surface area contributed by atoms with Gasteiger partial charge in [0.2, 0.25) is 5.91 Å². The van der Waals surface area contributed by atoms with Gasteiger partial charge in [-0.05, 0) is 31.0 Å². The Morgan fingerprint density at radius 3 is 3.00 bits per heavy atom. The van der Waals surface area contributed by atoms with Crippen molar-refractivity contribution in [3.63, 3.8) is 0 Å². The number of hydrogen-bond acceptors (Lipinski definition) is 3. The number of hydrogen-bond donors (Lipinski definition) is 2. The molecule has 1 aliphatic heterocycles. The first-order chi connectivity index (χ1) is 8.15. The third-order valence-electron chi connectivity index (χ3n) is 3.37. The fraction of sp³-hybridized carbons (Fsp3) is 0.462. The highest BCUT2D eigenvalue weighted by Gasteiger charge is 2.29. The molecule has 0 radical (unpaired) electrons. The van der Waals surface area contributed by atoms with Crippen molar-refractivity contribution in [3.05, 3.63) is 23.8 Å². The zero-order valence-corrected chi connectivity index (χ0v) is 10.4. The van der Waals surface area contributed by atoms with Crippen LogP contribution in [0, 0.1) is 6.92 Å². The molecule has 92 valence electrons. The maximum absolute atomic E-state index is 11.8. The monoisotopic (exact) mass is 233 g/mol. The van der Waals surface area contributed by atoms with E-state index in [0.29, 0.717) is 6.54 Å². The van der Waals surface area contributed by atoms with Gasteiger partial charge in [0.25, 0.3) is 0 Å². The van der Waals surface area contributed by atoms with Gasteiger partial charge in [-0.3, -0.25) is 4.79 Å². The highest BCUT2D eigenvalue weighted by Crippen LogP contribution is 2.27. The van der Waals surface area contributed by atoms with Crippen molar-refractivity contribution in [2.24, 2.45) is 0 Å². The van der Waals surface area contributed by atoms with Crippen LogP contribution >= 0.6 is 0 Å². The Bertz CT molecular complexity index is 431. The van der Waals surface area contributed by atoms with Gasteiger partial charge in [-0.1, -0.05) is 13.0 Å². The lowest BCUT2D eigenvalue weighted by Crippen LogP contribution is -2.55. The van der Waals surface area contributed by atoms with Crippen LogP contribution in [0.1, 0.15) is 18.9 Å². The van der Waals surface area contributed by atoms with Gasteiger partial charge in [-0.15, -0.1) is 0 Å². The SMILES string of the molecule is CCC1C(=O)NCCN1c1cccc(N)c1C. The standard InChI is InChI=1S/C13H19N3O/c1-3-11-13(17)15-7-8-16(11)12-6-4-5-10(14)9(12)2/h4-6,11H,3,7-8,14H2,1-2H3,(H,15,17). The van der Waals surface area contributed by atoms with Crippen LogP contribution in [-0.2, 0) is 4.79 Å². The van der Waals surface area contributed by atoms with Crippen LogP contribution < -0.4 is 16.0 Å². The third-order valence-corrected chi connectivity index (χ3v) is 3.37. The minimum absolute atomic E-state index is 0.0794. The summed E-state index contributed by atoms with van der Waals surface area (Å²) in [5, 5.41) is 2.90. The molecule has 1 fully saturated rings. The molecule has 0 saturated carbocycles. The maximum atomic E-state index is 11.8. The first-order valence-corrected chi connectivity index (χ1v) is 6.04. The molecule has 1 aliphatic rings. The van der Waals surface area contributed by atoms with Gasteiger partial charge < -0.3 is 16.0 Å². The molecule has 1 unspecified atom stereocenters. The molecular weight excluding hydrogens is 214 g/mol. The number of nitrogens with zero attached hydrogens (tertiary/aromatic N) is 1. The number of carbonyl (C=O) groups is 1. The Labute approximate surface area is 102 Å². The number of anilines is 2. The van der Waals surface area contributed by atoms with Gasteiger partial charge in [0.1, 0.15) is 6.04 Å². The van der Waals surface area contributed by atoms with Crippen molar-refractivity contribution in [2.75, 3.05) is 23.7 Å². The van der Waals surface area contributed by atoms with E-state index >= 15 is 0 Å². The lowest BCUT2D eigenvalue weighted by Gasteiger charge is -2.37. The minimum Gasteiger partial charge on any atom is -0.398 e. The zero-order valence-electron chi connectivity index (χ0n) is 10.4. The van der Waals surface area contributed by atoms with Gasteiger partial charge in [-0.25, -0.2) is 0 Å². The van der Waals surface area contributed by atoms with Crippen LogP contribution in [0.4, 0.5) is 11.4 Å². The third kappa shape index (κ3) is 2.07. The molecule has 4 nitrogen and oxygen atoms in total. The van der Waals surface area contributed by atoms with Crippen molar-refractivity contribution in [3.8, 4) is 0 Å². The summed E-state index contributed by atoms with van der Waals surface area (Å²) in [5.74, 6) is 0.112. The van der Waals surface area contributed by atoms with E-state index in [1.165, 1.54) is 0 Å². The molecule has 0 bridgehead atoms. The molecule has 0 aliphatic carbocycles. The summed E-state index contributed by atoms with van der Waals surface area (Å²) in [4.78, 5) is 14.0. The van der Waals surface area contributed by atoms with Crippen LogP contribution in [0.25, 0.3) is 0 Å². The van der Waals surface area contributed by atoms with Crippen molar-refractivity contribution in [2.45, 2.75) is 26.3 Å². The van der Waals surface area contributed by atoms with E-state index in [-0.39, 0.29) is 11.9 Å². The Hall–Kier alpha value is -1.71. The highest BCUT2D eigenvalue weighted by atomic mass is 16.2. The van der Waals surface area contributed by atoms with E-state index < -0.39 is 0 Å². The van der Waals surface area contributed by atoms with Crippen molar-refractivity contribution >= 4 is 17.3 Å². The lowest BCUT2D eigenvalue weighted by molar-refractivity contribution is -0.123. The van der Waals surface area contributed by atoms with Gasteiger partial charge in [-0.2, -0.15) is 0 Å². The average Bonchev–Trinajstić information content (AvgIpc) is 2.32. The summed E-state index contributed by atoms with van der Waals surface area (Å²) < 4.78 is 0. The summed E-state index contributed by atoms with van der Waals surface area (Å²) in [6.45, 7) is 5.58. The Kier molecular flexibility index (Phi) is 3.22. The molecule has 1 aromatic rings. The number of rotatable bonds is 2. The highest BCUT2D eigenvalue weighted by molar-refractivity contribution is 5.87. The molecule has 17 heavy (non-hydrogen) atoms. The average molecular weight is 233 g/mol. The van der Waals surface area contributed by atoms with Gasteiger partial charge in [0.05, 0.1) is 0 Å². The predicted octanol–water partition coefficient (Wildman–Crippen LogP) is 1.29. The normalized spacial score (nSPS) is 20.2. The van der Waals surface area contributed by atoms with E-state index in [4.69, 9.17) is 5.73 Å². The van der Waals surface area contributed by atoms with E-state index in [0.717, 1.165) is 29.9 Å². The lowest BCUT2D eigenvalue weighted by atomic mass is 10.1. The Morgan fingerprint density at radius 2 is 2.29 bits per heavy atom. The van der Waals surface area contributed by atoms with Crippen molar-refractivity contribution in [1.29, 1.82) is 0 Å². The number of nitrogen functional groups attached to an aromatic ring is 1. The maximum Gasteiger partial charge on any atom is 0.242 e. The molecule has 1 amide bonds. The second-order valence-corrected chi connectivity index (χ2v) is 4.40. The first kappa shape index (κ1) is 11.8. The van der Waals surface area contributed by atoms with Gasteiger partial charge >= 0.3 is 0 Å². The summed E-state index contributed by atoms with van der Waals surface area (Å²) in [5.41, 5.74) is 8.83. The fourth-order valence-electron chi connectivity index (χ4n) is 2.36. The van der Waals surface area contributed by atoms with E-state index in [1.54, 1.807) is 0 Å². The summed E-state index contributed by atoms with van der Waals surface area (Å²) >= 11 is 0. The predicted molar refractivity (Wildman–Crippen MR) is 70.0 cm³/mol. The largest absolute Gasteiger partial charge is 0.398 e. The topological polar surface area (TPSA) is 58.4 Å². The van der Waals surface area contributed by atoms with Crippen LogP contribution in [0.2, 0.25) is 0 Å². The molecule has 1 atom stereocenters. The second-order valence-electron chi connectivity index (χ2n) is 4.40. The quantitative estimate of drug-likeness (QED) is 0.757. The van der Waals surface area contributed by atoms with Crippen LogP contribution in [-0.4, -0.2) is 25.0 Å². The number of piperazine rings is 1. The van der Waals surface area contributed by atoms with E-state index in [1.807, 2.05) is 32.0 Å². The molecule has 4 heteroatoms. The Balaban J connectivity index is 2.37. The summed E-state index contributed by atoms with van der Waals surface area (Å²) in [6.07, 6.45) is 0.806. The number of amides is 1. The summed E-state index contributed by atoms with van der Waals surface area (Å²) in [7, 11) is 0. The summed E-state index contributed by atoms with van der Waals surface area (Å²) in [6, 6.07) is 5.79. The molecule has 0 aromatic heterocycles. The van der Waals surface area contributed by atoms with Gasteiger partial charge in [0, 0.05) is 24.5 Å². The number of nitrogens with one attached hydrogen (secondary N) is 1. The number of benzene rings is 1. The molecule has 3 N–H and O–H groups in total. The van der Waals surface area contributed by atoms with Crippen molar-refractivity contribution < 1.29 is 4.79 Å². The smallest absolute Gasteiger partial charge is 0.242 e. The van der Waals surface area contributed by atoms with Crippen LogP contribution in [0.3, 0.4) is 0 Å². The van der Waals surface area contributed by atoms with Crippen molar-refractivity contribution in [1.82, 2.24) is 5.32 Å². The van der Waals surface area contributed by atoms with Crippen LogP contribution in [0.15, 0.2) is 18.2 Å². The molecule has 1 aromatic carbocycles. The van der Waals surface area contributed by atoms with Gasteiger partial charge in [0.15, 0.2) is 0 Å². The molecule has 1 heterocycles. The molecule has 2 rings (SSSR count). The van der Waals surface area contributed by atoms with E-state index in [9.17, 15) is 4.79 Å². The zero-order chi connectivity index (χ0) is 12.4. The second kappa shape index (κ2) is 4.65. The number of carbonyl (C=O) groups excluding carboxylic acids is 1. The fourth-order valence-corrected chi connectivity index (χ4v) is 2.36. The van der Waals surface area contributed by atoms with Crippen LogP contribution in [0.5, 0.6) is 0 Å². The first-order valence-electron chi connectivity index (χ1n) is 6.04. The molecule has 0 spiro atoms. The Morgan fingerprint density at radius 1 is 1.53 bits per heavy atom. The van der Waals surface area contributed by atoms with E-state index in [2.05, 4.69) is 10.2 Å². The number of nitrogens with two attached hydrogens (primary N) is 1.